The predicted octanol–water partition coefficient (Wildman–Crippen LogP) is 4.61. The van der Waals surface area contributed by atoms with E-state index in [0.717, 1.165) is 24.8 Å². The third kappa shape index (κ3) is 5.95. The average Bonchev–Trinajstić information content (AvgIpc) is 2.77. The quantitative estimate of drug-likeness (QED) is 0.454. The number of rotatable bonds is 7. The van der Waals surface area contributed by atoms with Crippen molar-refractivity contribution in [2.24, 2.45) is 0 Å². The number of amides is 2. The van der Waals surface area contributed by atoms with Gasteiger partial charge in [0.2, 0.25) is 5.91 Å². The van der Waals surface area contributed by atoms with Crippen LogP contribution in [0.2, 0.25) is 0 Å². The van der Waals surface area contributed by atoms with E-state index < -0.39 is 5.91 Å². The van der Waals surface area contributed by atoms with Crippen LogP contribution in [0.15, 0.2) is 54.2 Å². The van der Waals surface area contributed by atoms with E-state index in [9.17, 15) is 14.9 Å². The molecule has 2 aromatic rings. The standard InChI is InChI=1S/C25H28N4O2/c1-3-24(20-12-11-18-7-4-5-8-19(18)13-20)29-25(31)21(15-26)16-27-22-9-6-10-23(14-22)28-17(2)30/h6,9-14,16,24,27H,3-5,7-8H2,1-2H3,(H,28,30)(H,29,31)/b21-16-. The molecule has 2 amide bonds. The lowest BCUT2D eigenvalue weighted by Crippen LogP contribution is -2.29. The number of aryl methyl sites for hydroxylation is 2. The van der Waals surface area contributed by atoms with E-state index in [1.165, 1.54) is 37.1 Å². The maximum Gasteiger partial charge on any atom is 0.263 e. The highest BCUT2D eigenvalue weighted by atomic mass is 16.2. The van der Waals surface area contributed by atoms with Gasteiger partial charge in [-0.05, 0) is 67.0 Å². The Balaban J connectivity index is 1.69. The molecule has 0 aliphatic heterocycles. The SMILES string of the molecule is CCC(NC(=O)/C(C#N)=C\Nc1cccc(NC(C)=O)c1)c1ccc2c(c1)CCCC2. The molecule has 2 aromatic carbocycles. The molecular weight excluding hydrogens is 388 g/mol. The summed E-state index contributed by atoms with van der Waals surface area (Å²) in [5.74, 6) is -0.588. The topological polar surface area (TPSA) is 94.0 Å². The summed E-state index contributed by atoms with van der Waals surface area (Å²) in [5, 5.41) is 18.1. The lowest BCUT2D eigenvalue weighted by atomic mass is 9.88. The number of nitrogens with zero attached hydrogens (tertiary/aromatic N) is 1. The first-order chi connectivity index (χ1) is 15.0. The summed E-state index contributed by atoms with van der Waals surface area (Å²) < 4.78 is 0. The Hall–Kier alpha value is -3.59. The Morgan fingerprint density at radius 3 is 2.55 bits per heavy atom. The Morgan fingerprint density at radius 2 is 1.84 bits per heavy atom. The summed E-state index contributed by atoms with van der Waals surface area (Å²) in [6.45, 7) is 3.46. The molecule has 1 atom stereocenters. The normalized spacial score (nSPS) is 14.0. The minimum Gasteiger partial charge on any atom is -0.360 e. The molecule has 1 unspecified atom stereocenters. The van der Waals surface area contributed by atoms with Gasteiger partial charge in [0.05, 0.1) is 6.04 Å². The second-order valence-corrected chi connectivity index (χ2v) is 7.75. The summed E-state index contributed by atoms with van der Waals surface area (Å²) in [4.78, 5) is 24.0. The summed E-state index contributed by atoms with van der Waals surface area (Å²) in [6.07, 6.45) is 6.76. The van der Waals surface area contributed by atoms with Crippen LogP contribution in [0.4, 0.5) is 11.4 Å². The molecule has 6 heteroatoms. The molecule has 0 spiro atoms. The number of hydrogen-bond acceptors (Lipinski definition) is 4. The van der Waals surface area contributed by atoms with Crippen molar-refractivity contribution in [3.8, 4) is 6.07 Å². The molecule has 0 fully saturated rings. The smallest absolute Gasteiger partial charge is 0.263 e. The third-order valence-corrected chi connectivity index (χ3v) is 5.42. The van der Waals surface area contributed by atoms with Crippen molar-refractivity contribution in [3.63, 3.8) is 0 Å². The van der Waals surface area contributed by atoms with Gasteiger partial charge in [0.15, 0.2) is 0 Å². The number of nitriles is 1. The van der Waals surface area contributed by atoms with Gasteiger partial charge in [-0.15, -0.1) is 0 Å². The van der Waals surface area contributed by atoms with Gasteiger partial charge >= 0.3 is 0 Å². The zero-order valence-corrected chi connectivity index (χ0v) is 18.0. The first-order valence-electron chi connectivity index (χ1n) is 10.7. The van der Waals surface area contributed by atoms with E-state index in [4.69, 9.17) is 0 Å². The maximum atomic E-state index is 12.7. The van der Waals surface area contributed by atoms with E-state index in [2.05, 4.69) is 34.1 Å². The molecule has 0 saturated carbocycles. The van der Waals surface area contributed by atoms with Crippen LogP contribution in [-0.2, 0) is 22.4 Å². The van der Waals surface area contributed by atoms with E-state index in [0.29, 0.717) is 11.4 Å². The fourth-order valence-electron chi connectivity index (χ4n) is 3.82. The molecule has 31 heavy (non-hydrogen) atoms. The van der Waals surface area contributed by atoms with Crippen molar-refractivity contribution in [2.45, 2.75) is 52.0 Å². The Morgan fingerprint density at radius 1 is 1.10 bits per heavy atom. The Kier molecular flexibility index (Phi) is 7.45. The average molecular weight is 417 g/mol. The third-order valence-electron chi connectivity index (χ3n) is 5.42. The first-order valence-corrected chi connectivity index (χ1v) is 10.7. The molecule has 0 aromatic heterocycles. The fraction of sp³-hybridized carbons (Fsp3) is 0.320. The van der Waals surface area contributed by atoms with Crippen molar-refractivity contribution in [1.29, 1.82) is 5.26 Å². The van der Waals surface area contributed by atoms with Crippen molar-refractivity contribution < 1.29 is 9.59 Å². The van der Waals surface area contributed by atoms with Crippen LogP contribution in [0.1, 0.15) is 55.8 Å². The minimum absolute atomic E-state index is 0.0126. The highest BCUT2D eigenvalue weighted by Crippen LogP contribution is 2.26. The van der Waals surface area contributed by atoms with Gasteiger partial charge in [-0.3, -0.25) is 9.59 Å². The number of fused-ring (bicyclic) bond motifs is 1. The van der Waals surface area contributed by atoms with Crippen LogP contribution in [0.25, 0.3) is 0 Å². The van der Waals surface area contributed by atoms with Crippen LogP contribution in [0, 0.1) is 11.3 Å². The number of carbonyl (C=O) groups excluding carboxylic acids is 2. The molecule has 0 bridgehead atoms. The lowest BCUT2D eigenvalue weighted by Gasteiger charge is -2.21. The molecule has 1 aliphatic rings. The van der Waals surface area contributed by atoms with E-state index in [1.54, 1.807) is 24.3 Å². The van der Waals surface area contributed by atoms with E-state index >= 15 is 0 Å². The zero-order chi connectivity index (χ0) is 22.2. The highest BCUT2D eigenvalue weighted by molar-refractivity contribution is 5.97. The molecule has 0 radical (unpaired) electrons. The fourth-order valence-corrected chi connectivity index (χ4v) is 3.82. The summed E-state index contributed by atoms with van der Waals surface area (Å²) in [7, 11) is 0. The van der Waals surface area contributed by atoms with Gasteiger partial charge in [-0.2, -0.15) is 5.26 Å². The molecule has 1 aliphatic carbocycles. The van der Waals surface area contributed by atoms with Crippen molar-refractivity contribution in [3.05, 3.63) is 70.9 Å². The largest absolute Gasteiger partial charge is 0.360 e. The Bertz CT molecular complexity index is 1040. The van der Waals surface area contributed by atoms with Gasteiger partial charge in [-0.1, -0.05) is 31.2 Å². The number of nitrogens with one attached hydrogen (secondary N) is 3. The van der Waals surface area contributed by atoms with Crippen LogP contribution in [-0.4, -0.2) is 11.8 Å². The van der Waals surface area contributed by atoms with Crippen LogP contribution in [0.3, 0.4) is 0 Å². The van der Waals surface area contributed by atoms with Crippen molar-refractivity contribution in [2.75, 3.05) is 10.6 Å². The van der Waals surface area contributed by atoms with Crippen LogP contribution < -0.4 is 16.0 Å². The molecule has 3 rings (SSSR count). The number of benzene rings is 2. The molecule has 3 N–H and O–H groups in total. The molecule has 160 valence electrons. The van der Waals surface area contributed by atoms with Gasteiger partial charge < -0.3 is 16.0 Å². The van der Waals surface area contributed by atoms with E-state index in [1.807, 2.05) is 13.0 Å². The molecular formula is C25H28N4O2. The molecule has 6 nitrogen and oxygen atoms in total. The van der Waals surface area contributed by atoms with Gasteiger partial charge in [0, 0.05) is 24.5 Å². The monoisotopic (exact) mass is 416 g/mol. The number of anilines is 2. The number of carbonyl (C=O) groups is 2. The van der Waals surface area contributed by atoms with Gasteiger partial charge in [0.25, 0.3) is 5.91 Å². The summed E-state index contributed by atoms with van der Waals surface area (Å²) >= 11 is 0. The first kappa shape index (κ1) is 22.1. The van der Waals surface area contributed by atoms with Crippen LogP contribution in [0.5, 0.6) is 0 Å². The molecule has 0 saturated heterocycles. The summed E-state index contributed by atoms with van der Waals surface area (Å²) in [6, 6.07) is 15.3. The second kappa shape index (κ2) is 10.4. The minimum atomic E-state index is -0.419. The molecule has 0 heterocycles. The summed E-state index contributed by atoms with van der Waals surface area (Å²) in [5.41, 5.74) is 5.12. The van der Waals surface area contributed by atoms with E-state index in [-0.39, 0.29) is 17.5 Å². The lowest BCUT2D eigenvalue weighted by molar-refractivity contribution is -0.118. The predicted molar refractivity (Wildman–Crippen MR) is 122 cm³/mol. The highest BCUT2D eigenvalue weighted by Gasteiger charge is 2.18. The second-order valence-electron chi connectivity index (χ2n) is 7.75. The zero-order valence-electron chi connectivity index (χ0n) is 18.0. The Labute approximate surface area is 183 Å². The van der Waals surface area contributed by atoms with Crippen molar-refractivity contribution >= 4 is 23.2 Å². The number of hydrogen-bond donors (Lipinski definition) is 3. The van der Waals surface area contributed by atoms with Crippen molar-refractivity contribution in [1.82, 2.24) is 5.32 Å². The van der Waals surface area contributed by atoms with Gasteiger partial charge in [-0.25, -0.2) is 0 Å². The van der Waals surface area contributed by atoms with Crippen LogP contribution >= 0.6 is 0 Å². The maximum absolute atomic E-state index is 12.7. The van der Waals surface area contributed by atoms with Gasteiger partial charge in [0.1, 0.15) is 11.6 Å².